The van der Waals surface area contributed by atoms with Crippen LogP contribution in [0.3, 0.4) is 0 Å². The molecular weight excluding hydrogens is 357 g/mol. The van der Waals surface area contributed by atoms with Crippen molar-refractivity contribution in [2.24, 2.45) is 17.8 Å². The molecule has 2 aliphatic carbocycles. The van der Waals surface area contributed by atoms with Crippen molar-refractivity contribution in [1.29, 1.82) is 5.26 Å². The Hall–Kier alpha value is -1.88. The van der Waals surface area contributed by atoms with Crippen molar-refractivity contribution in [3.05, 3.63) is 59.4 Å². The van der Waals surface area contributed by atoms with E-state index in [-0.39, 0.29) is 5.92 Å². The number of hydrogen-bond donors (Lipinski definition) is 0. The molecule has 1 aromatic carbocycles. The average molecular weight is 394 g/mol. The lowest BCUT2D eigenvalue weighted by Gasteiger charge is -2.35. The van der Waals surface area contributed by atoms with Crippen LogP contribution in [-0.2, 0) is 6.42 Å². The van der Waals surface area contributed by atoms with Crippen LogP contribution in [0.2, 0.25) is 0 Å². The molecular formula is C27H36FN. The van der Waals surface area contributed by atoms with Crippen LogP contribution in [0.5, 0.6) is 0 Å². The van der Waals surface area contributed by atoms with Gasteiger partial charge in [-0.25, -0.2) is 0 Å². The monoisotopic (exact) mass is 393 g/mol. The third-order valence-corrected chi connectivity index (χ3v) is 7.31. The highest BCUT2D eigenvalue weighted by atomic mass is 19.1. The Bertz CT molecular complexity index is 723. The number of nitrogens with zero attached hydrogens (tertiary/aromatic N) is 1. The minimum absolute atomic E-state index is 0.231. The van der Waals surface area contributed by atoms with Gasteiger partial charge in [0.1, 0.15) is 6.07 Å². The van der Waals surface area contributed by atoms with Crippen LogP contribution >= 0.6 is 0 Å². The number of unbranched alkanes of at least 4 members (excludes halogenated alkanes) is 1. The normalized spacial score (nSPS) is 28.0. The Labute approximate surface area is 176 Å². The van der Waals surface area contributed by atoms with Gasteiger partial charge >= 0.3 is 0 Å². The van der Waals surface area contributed by atoms with Crippen LogP contribution in [0.4, 0.5) is 4.39 Å². The van der Waals surface area contributed by atoms with E-state index in [1.54, 1.807) is 6.07 Å². The zero-order valence-corrected chi connectivity index (χ0v) is 18.0. The van der Waals surface area contributed by atoms with Crippen molar-refractivity contribution in [2.45, 2.75) is 83.5 Å². The van der Waals surface area contributed by atoms with Gasteiger partial charge in [-0.05, 0) is 105 Å². The Morgan fingerprint density at radius 2 is 1.62 bits per heavy atom. The molecule has 3 rings (SSSR count). The first-order valence-corrected chi connectivity index (χ1v) is 11.7. The number of aryl methyl sites for hydroxylation is 1. The van der Waals surface area contributed by atoms with Crippen molar-refractivity contribution >= 4 is 0 Å². The Balaban J connectivity index is 1.46. The van der Waals surface area contributed by atoms with Gasteiger partial charge in [0, 0.05) is 0 Å². The first-order chi connectivity index (χ1) is 14.1. The SMILES string of the molecule is C=C([C@H]1CC[C@H](/C=C(/F)C#N)CC1)[C@H]1CC[C@H](c2ccc(CCCC)cc2)CC1. The molecule has 0 saturated heterocycles. The summed E-state index contributed by atoms with van der Waals surface area (Å²) < 4.78 is 13.2. The molecule has 0 heterocycles. The number of allylic oxidation sites excluding steroid dienone is 3. The molecule has 0 amide bonds. The van der Waals surface area contributed by atoms with E-state index in [2.05, 4.69) is 37.8 Å². The Kier molecular flexibility index (Phi) is 8.10. The quantitative estimate of drug-likeness (QED) is 0.339. The van der Waals surface area contributed by atoms with Gasteiger partial charge in [0.25, 0.3) is 0 Å². The van der Waals surface area contributed by atoms with E-state index in [1.807, 2.05) is 0 Å². The van der Waals surface area contributed by atoms with Crippen molar-refractivity contribution in [3.63, 3.8) is 0 Å². The predicted molar refractivity (Wildman–Crippen MR) is 119 cm³/mol. The molecule has 2 fully saturated rings. The molecule has 156 valence electrons. The second-order valence-electron chi connectivity index (χ2n) is 9.21. The van der Waals surface area contributed by atoms with E-state index in [0.717, 1.165) is 25.7 Å². The second-order valence-corrected chi connectivity index (χ2v) is 9.21. The van der Waals surface area contributed by atoms with Crippen LogP contribution < -0.4 is 0 Å². The third kappa shape index (κ3) is 6.05. The van der Waals surface area contributed by atoms with E-state index in [4.69, 9.17) is 5.26 Å². The molecule has 0 spiro atoms. The summed E-state index contributed by atoms with van der Waals surface area (Å²) in [5.41, 5.74) is 4.43. The molecule has 0 aliphatic heterocycles. The van der Waals surface area contributed by atoms with Gasteiger partial charge in [0.2, 0.25) is 0 Å². The molecule has 0 N–H and O–H groups in total. The summed E-state index contributed by atoms with van der Waals surface area (Å²) in [6.45, 7) is 6.75. The molecule has 0 atom stereocenters. The second kappa shape index (κ2) is 10.8. The van der Waals surface area contributed by atoms with Crippen LogP contribution in [0.15, 0.2) is 48.3 Å². The zero-order valence-electron chi connectivity index (χ0n) is 18.0. The summed E-state index contributed by atoms with van der Waals surface area (Å²) in [7, 11) is 0. The number of nitriles is 1. The number of rotatable bonds is 7. The highest BCUT2D eigenvalue weighted by Crippen LogP contribution is 2.43. The lowest BCUT2D eigenvalue weighted by atomic mass is 9.70. The summed E-state index contributed by atoms with van der Waals surface area (Å²) in [5.74, 6) is 1.56. The highest BCUT2D eigenvalue weighted by molar-refractivity contribution is 5.26. The first-order valence-electron chi connectivity index (χ1n) is 11.7. The van der Waals surface area contributed by atoms with Gasteiger partial charge in [0.15, 0.2) is 5.83 Å². The standard InChI is InChI=1S/C27H36FN/c1-3-4-5-21-6-12-25(13-7-21)26-16-14-24(15-17-26)20(2)23-10-8-22(9-11-23)18-27(28)19-29/h6-7,12-13,18,22-24,26H,2-5,8-11,14-17H2,1H3/b27-18+/t22-,23-,24-,26-. The van der Waals surface area contributed by atoms with Gasteiger partial charge in [-0.3, -0.25) is 0 Å². The fourth-order valence-corrected chi connectivity index (χ4v) is 5.37. The molecule has 1 nitrogen and oxygen atoms in total. The van der Waals surface area contributed by atoms with Gasteiger partial charge in [-0.15, -0.1) is 0 Å². The third-order valence-electron chi connectivity index (χ3n) is 7.31. The molecule has 29 heavy (non-hydrogen) atoms. The predicted octanol–water partition coefficient (Wildman–Crippen LogP) is 8.04. The number of hydrogen-bond acceptors (Lipinski definition) is 1. The van der Waals surface area contributed by atoms with Crippen LogP contribution in [0.25, 0.3) is 0 Å². The van der Waals surface area contributed by atoms with Gasteiger partial charge < -0.3 is 0 Å². The van der Waals surface area contributed by atoms with Gasteiger partial charge in [-0.2, -0.15) is 9.65 Å². The lowest BCUT2D eigenvalue weighted by Crippen LogP contribution is -2.22. The van der Waals surface area contributed by atoms with E-state index in [9.17, 15) is 4.39 Å². The first kappa shape index (κ1) is 21.8. The fourth-order valence-electron chi connectivity index (χ4n) is 5.37. The largest absolute Gasteiger partial charge is 0.196 e. The molecule has 2 heteroatoms. The number of halogens is 1. The maximum absolute atomic E-state index is 13.2. The number of benzene rings is 1. The molecule has 0 radical (unpaired) electrons. The molecule has 0 aromatic heterocycles. The molecule has 2 saturated carbocycles. The smallest absolute Gasteiger partial charge is 0.195 e. The fraction of sp³-hybridized carbons (Fsp3) is 0.593. The van der Waals surface area contributed by atoms with E-state index >= 15 is 0 Å². The van der Waals surface area contributed by atoms with Crippen LogP contribution in [0.1, 0.15) is 88.2 Å². The van der Waals surface area contributed by atoms with E-state index in [1.165, 1.54) is 67.7 Å². The summed E-state index contributed by atoms with van der Waals surface area (Å²) in [4.78, 5) is 0. The Morgan fingerprint density at radius 3 is 2.17 bits per heavy atom. The topological polar surface area (TPSA) is 23.8 Å². The Morgan fingerprint density at radius 1 is 1.03 bits per heavy atom. The highest BCUT2D eigenvalue weighted by Gasteiger charge is 2.29. The maximum Gasteiger partial charge on any atom is 0.196 e. The molecule has 1 aromatic rings. The summed E-state index contributed by atoms with van der Waals surface area (Å²) >= 11 is 0. The minimum atomic E-state index is -0.621. The summed E-state index contributed by atoms with van der Waals surface area (Å²) in [6.07, 6.45) is 14.5. The van der Waals surface area contributed by atoms with Crippen LogP contribution in [-0.4, -0.2) is 0 Å². The van der Waals surface area contributed by atoms with Gasteiger partial charge in [0.05, 0.1) is 0 Å². The summed E-state index contributed by atoms with van der Waals surface area (Å²) in [5, 5.41) is 8.62. The van der Waals surface area contributed by atoms with Gasteiger partial charge in [-0.1, -0.05) is 49.8 Å². The van der Waals surface area contributed by atoms with Crippen molar-refractivity contribution < 1.29 is 4.39 Å². The molecule has 0 bridgehead atoms. The van der Waals surface area contributed by atoms with E-state index < -0.39 is 5.83 Å². The zero-order chi connectivity index (χ0) is 20.6. The van der Waals surface area contributed by atoms with E-state index in [0.29, 0.717) is 17.8 Å². The maximum atomic E-state index is 13.2. The molecule has 2 aliphatic rings. The van der Waals surface area contributed by atoms with Crippen molar-refractivity contribution in [2.75, 3.05) is 0 Å². The lowest BCUT2D eigenvalue weighted by molar-refractivity contribution is 0.289. The summed E-state index contributed by atoms with van der Waals surface area (Å²) in [6, 6.07) is 11.0. The van der Waals surface area contributed by atoms with Crippen molar-refractivity contribution in [3.8, 4) is 6.07 Å². The molecule has 0 unspecified atom stereocenters. The average Bonchev–Trinajstić information content (AvgIpc) is 2.78. The minimum Gasteiger partial charge on any atom is -0.195 e. The van der Waals surface area contributed by atoms with Crippen molar-refractivity contribution in [1.82, 2.24) is 0 Å². The van der Waals surface area contributed by atoms with Crippen LogP contribution in [0, 0.1) is 29.1 Å².